The molecule has 2 atom stereocenters. The molecular formula is C24H25N3O5. The van der Waals surface area contributed by atoms with Crippen LogP contribution in [0.4, 0.5) is 10.5 Å². The van der Waals surface area contributed by atoms with Crippen LogP contribution in [0.15, 0.2) is 36.4 Å². The Morgan fingerprint density at radius 1 is 1.06 bits per heavy atom. The van der Waals surface area contributed by atoms with E-state index in [0.29, 0.717) is 30.4 Å². The Morgan fingerprint density at radius 2 is 1.81 bits per heavy atom. The number of urea groups is 1. The number of amides is 4. The second-order valence-corrected chi connectivity index (χ2v) is 8.59. The third kappa shape index (κ3) is 3.26. The Hall–Kier alpha value is -3.55. The molecule has 0 radical (unpaired) electrons. The molecule has 0 aromatic heterocycles. The zero-order valence-corrected chi connectivity index (χ0v) is 18.1. The molecule has 8 nitrogen and oxygen atoms in total. The molecular weight excluding hydrogens is 410 g/mol. The second-order valence-electron chi connectivity index (χ2n) is 8.59. The van der Waals surface area contributed by atoms with E-state index in [2.05, 4.69) is 10.6 Å². The van der Waals surface area contributed by atoms with Gasteiger partial charge in [-0.05, 0) is 61.9 Å². The fourth-order valence-corrected chi connectivity index (χ4v) is 4.58. The van der Waals surface area contributed by atoms with Crippen LogP contribution in [-0.4, -0.2) is 42.0 Å². The fourth-order valence-electron chi connectivity index (χ4n) is 4.58. The summed E-state index contributed by atoms with van der Waals surface area (Å²) >= 11 is 0. The topological polar surface area (TPSA) is 97.0 Å². The molecule has 5 rings (SSSR count). The molecule has 2 aromatic carbocycles. The van der Waals surface area contributed by atoms with Gasteiger partial charge >= 0.3 is 6.03 Å². The molecule has 0 unspecified atom stereocenters. The lowest BCUT2D eigenvalue weighted by molar-refractivity contribution is -0.136. The number of nitrogens with zero attached hydrogens (tertiary/aromatic N) is 1. The minimum atomic E-state index is -1.21. The molecule has 2 heterocycles. The third-order valence-corrected chi connectivity index (χ3v) is 6.47. The molecule has 1 aliphatic carbocycles. The van der Waals surface area contributed by atoms with E-state index in [1.54, 1.807) is 32.0 Å². The van der Waals surface area contributed by atoms with Crippen LogP contribution in [0.5, 0.6) is 11.5 Å². The van der Waals surface area contributed by atoms with Crippen molar-refractivity contribution in [2.24, 2.45) is 0 Å². The van der Waals surface area contributed by atoms with Crippen molar-refractivity contribution in [2.45, 2.75) is 44.7 Å². The maximum atomic E-state index is 13.4. The summed E-state index contributed by atoms with van der Waals surface area (Å²) in [6, 6.07) is 9.43. The molecule has 1 fully saturated rings. The number of imide groups is 1. The first-order valence-electron chi connectivity index (χ1n) is 10.9. The van der Waals surface area contributed by atoms with Gasteiger partial charge in [0.25, 0.3) is 5.91 Å². The lowest BCUT2D eigenvalue weighted by atomic mass is 9.89. The number of rotatable bonds is 4. The van der Waals surface area contributed by atoms with Gasteiger partial charge in [-0.3, -0.25) is 9.59 Å². The number of anilines is 1. The predicted octanol–water partition coefficient (Wildman–Crippen LogP) is 2.74. The van der Waals surface area contributed by atoms with E-state index in [-0.39, 0.29) is 0 Å². The summed E-state index contributed by atoms with van der Waals surface area (Å²) in [5, 5.41) is 5.56. The molecule has 166 valence electrons. The summed E-state index contributed by atoms with van der Waals surface area (Å²) in [7, 11) is 0. The van der Waals surface area contributed by atoms with Crippen LogP contribution >= 0.6 is 0 Å². The van der Waals surface area contributed by atoms with Crippen LogP contribution in [0, 0.1) is 0 Å². The number of benzene rings is 2. The Labute approximate surface area is 185 Å². The largest absolute Gasteiger partial charge is 0.486 e. The van der Waals surface area contributed by atoms with Gasteiger partial charge in [0, 0.05) is 11.8 Å². The Kier molecular flexibility index (Phi) is 4.80. The average molecular weight is 435 g/mol. The zero-order valence-electron chi connectivity index (χ0n) is 18.1. The second kappa shape index (κ2) is 7.55. The van der Waals surface area contributed by atoms with Gasteiger partial charge in [0.1, 0.15) is 24.8 Å². The lowest BCUT2D eigenvalue weighted by Crippen LogP contribution is -2.47. The number of carbonyl (C=O) groups excluding carboxylic acids is 3. The van der Waals surface area contributed by atoms with Crippen LogP contribution in [0.25, 0.3) is 0 Å². The van der Waals surface area contributed by atoms with Crippen LogP contribution in [0.3, 0.4) is 0 Å². The number of fused-ring (bicyclic) bond motifs is 2. The maximum Gasteiger partial charge on any atom is 0.326 e. The number of hydrogen-bond donors (Lipinski definition) is 2. The maximum absolute atomic E-state index is 13.4. The smallest absolute Gasteiger partial charge is 0.326 e. The molecule has 0 saturated carbocycles. The highest BCUT2D eigenvalue weighted by Gasteiger charge is 2.52. The molecule has 32 heavy (non-hydrogen) atoms. The van der Waals surface area contributed by atoms with Crippen molar-refractivity contribution < 1.29 is 23.9 Å². The lowest BCUT2D eigenvalue weighted by Gasteiger charge is -2.25. The number of aryl methyl sites for hydroxylation is 2. The number of carbonyl (C=O) groups is 3. The summed E-state index contributed by atoms with van der Waals surface area (Å²) in [6.07, 6.45) is 3.11. The monoisotopic (exact) mass is 435 g/mol. The van der Waals surface area contributed by atoms with Gasteiger partial charge in [-0.2, -0.15) is 0 Å². The quantitative estimate of drug-likeness (QED) is 0.720. The van der Waals surface area contributed by atoms with Gasteiger partial charge in [-0.25, -0.2) is 9.69 Å². The van der Waals surface area contributed by atoms with E-state index in [0.717, 1.165) is 29.7 Å². The molecule has 8 heteroatoms. The minimum Gasteiger partial charge on any atom is -0.486 e. The summed E-state index contributed by atoms with van der Waals surface area (Å²) in [5.74, 6) is 0.246. The van der Waals surface area contributed by atoms with Crippen molar-refractivity contribution in [1.29, 1.82) is 0 Å². The molecule has 2 aromatic rings. The molecule has 4 amide bonds. The van der Waals surface area contributed by atoms with Gasteiger partial charge in [0.2, 0.25) is 5.91 Å². The Morgan fingerprint density at radius 3 is 2.62 bits per heavy atom. The van der Waals surface area contributed by atoms with E-state index in [9.17, 15) is 14.4 Å². The van der Waals surface area contributed by atoms with Crippen LogP contribution < -0.4 is 20.1 Å². The van der Waals surface area contributed by atoms with Crippen molar-refractivity contribution in [1.82, 2.24) is 10.2 Å². The summed E-state index contributed by atoms with van der Waals surface area (Å²) in [5.41, 5.74) is 2.53. The normalized spacial score (nSPS) is 22.4. The van der Waals surface area contributed by atoms with E-state index in [1.807, 2.05) is 18.2 Å². The van der Waals surface area contributed by atoms with E-state index < -0.39 is 29.4 Å². The molecule has 3 aliphatic rings. The fraction of sp³-hybridized carbons (Fsp3) is 0.375. The van der Waals surface area contributed by atoms with E-state index in [4.69, 9.17) is 9.47 Å². The molecule has 0 spiro atoms. The average Bonchev–Trinajstić information content (AvgIpc) is 3.35. The predicted molar refractivity (Wildman–Crippen MR) is 117 cm³/mol. The Bertz CT molecular complexity index is 1130. The highest BCUT2D eigenvalue weighted by molar-refractivity contribution is 6.11. The first kappa shape index (κ1) is 20.4. The van der Waals surface area contributed by atoms with Gasteiger partial charge < -0.3 is 20.1 Å². The summed E-state index contributed by atoms with van der Waals surface area (Å²) in [6.45, 7) is 4.14. The SMILES string of the molecule is C[C@H](C(=O)Nc1ccc2c(c1)OCCO2)N1C(=O)N[C@](C)(c2ccc3c(c2)CCC3)C1=O. The first-order chi connectivity index (χ1) is 15.4. The van der Waals surface area contributed by atoms with Gasteiger partial charge in [0.15, 0.2) is 11.5 Å². The van der Waals surface area contributed by atoms with Crippen LogP contribution in [-0.2, 0) is 28.0 Å². The number of ether oxygens (including phenoxy) is 2. The highest BCUT2D eigenvalue weighted by atomic mass is 16.6. The van der Waals surface area contributed by atoms with Crippen molar-refractivity contribution in [3.63, 3.8) is 0 Å². The molecule has 2 aliphatic heterocycles. The summed E-state index contributed by atoms with van der Waals surface area (Å²) < 4.78 is 11.0. The molecule has 0 bridgehead atoms. The van der Waals surface area contributed by atoms with Crippen molar-refractivity contribution >= 4 is 23.5 Å². The molecule has 1 saturated heterocycles. The summed E-state index contributed by atoms with van der Waals surface area (Å²) in [4.78, 5) is 40.0. The first-order valence-corrected chi connectivity index (χ1v) is 10.9. The van der Waals surface area contributed by atoms with Gasteiger partial charge in [-0.1, -0.05) is 18.2 Å². The van der Waals surface area contributed by atoms with Crippen LogP contribution in [0.1, 0.15) is 37.0 Å². The highest BCUT2D eigenvalue weighted by Crippen LogP contribution is 2.35. The van der Waals surface area contributed by atoms with Gasteiger partial charge in [-0.15, -0.1) is 0 Å². The third-order valence-electron chi connectivity index (χ3n) is 6.47. The van der Waals surface area contributed by atoms with Crippen LogP contribution in [0.2, 0.25) is 0 Å². The van der Waals surface area contributed by atoms with Crippen molar-refractivity contribution in [3.05, 3.63) is 53.1 Å². The van der Waals surface area contributed by atoms with E-state index >= 15 is 0 Å². The van der Waals surface area contributed by atoms with Gasteiger partial charge in [0.05, 0.1) is 0 Å². The minimum absolute atomic E-state index is 0.435. The van der Waals surface area contributed by atoms with Crippen molar-refractivity contribution in [3.8, 4) is 11.5 Å². The van der Waals surface area contributed by atoms with Crippen molar-refractivity contribution in [2.75, 3.05) is 18.5 Å². The van der Waals surface area contributed by atoms with E-state index in [1.165, 1.54) is 11.1 Å². The number of hydrogen-bond acceptors (Lipinski definition) is 5. The molecule has 2 N–H and O–H groups in total. The zero-order chi connectivity index (χ0) is 22.5. The standard InChI is InChI=1S/C24H25N3O5/c1-14(21(28)25-18-8-9-19-20(13-18)32-11-10-31-19)27-22(29)24(2,26-23(27)30)17-7-6-15-4-3-5-16(15)12-17/h6-9,12-14H,3-5,10-11H2,1-2H3,(H,25,28)(H,26,30)/t14-,24-/m1/s1. The Balaban J connectivity index is 1.34. The number of nitrogens with one attached hydrogen (secondary N) is 2.